The van der Waals surface area contributed by atoms with Crippen LogP contribution in [-0.2, 0) is 4.79 Å². The number of unbranched alkanes of at least 4 members (excludes halogenated alkanes) is 1. The van der Waals surface area contributed by atoms with Gasteiger partial charge in [-0.1, -0.05) is 13.8 Å². The lowest BCUT2D eigenvalue weighted by atomic mass is 10.3. The highest BCUT2D eigenvalue weighted by Crippen LogP contribution is 1.86. The van der Waals surface area contributed by atoms with Crippen LogP contribution < -0.4 is 16.0 Å². The fourth-order valence-electron chi connectivity index (χ4n) is 1.37. The maximum absolute atomic E-state index is 10.6. The number of hydrogen-bond acceptors (Lipinski definition) is 3. The van der Waals surface area contributed by atoms with E-state index in [0.29, 0.717) is 6.04 Å². The van der Waals surface area contributed by atoms with Gasteiger partial charge < -0.3 is 16.0 Å². The molecule has 96 valence electrons. The molecule has 0 saturated carbocycles. The van der Waals surface area contributed by atoms with Crippen LogP contribution in [0.25, 0.3) is 0 Å². The molecule has 0 aliphatic carbocycles. The van der Waals surface area contributed by atoms with Crippen molar-refractivity contribution in [2.24, 2.45) is 0 Å². The Kier molecular flexibility index (Phi) is 10.5. The van der Waals surface area contributed by atoms with Gasteiger partial charge in [-0.15, -0.1) is 0 Å². The van der Waals surface area contributed by atoms with Gasteiger partial charge in [-0.3, -0.25) is 4.79 Å². The highest BCUT2D eigenvalue weighted by atomic mass is 16.1. The number of hydrogen-bond donors (Lipinski definition) is 3. The van der Waals surface area contributed by atoms with Crippen molar-refractivity contribution in [1.29, 1.82) is 0 Å². The molecular weight excluding hydrogens is 202 g/mol. The number of carbonyl (C=O) groups excluding carboxylic acids is 1. The lowest BCUT2D eigenvalue weighted by Gasteiger charge is -2.08. The zero-order valence-corrected chi connectivity index (χ0v) is 10.9. The zero-order valence-electron chi connectivity index (χ0n) is 10.9. The molecule has 1 amide bonds. The van der Waals surface area contributed by atoms with E-state index in [0.717, 1.165) is 32.6 Å². The Morgan fingerprint density at radius 3 is 2.25 bits per heavy atom. The molecule has 0 aliphatic heterocycles. The summed E-state index contributed by atoms with van der Waals surface area (Å²) in [4.78, 5) is 10.6. The molecule has 4 heteroatoms. The number of carbonyl (C=O) groups is 1. The second-order valence-electron chi connectivity index (χ2n) is 4.40. The minimum absolute atomic E-state index is 0.0553. The molecular formula is C12H27N3O. The average molecular weight is 229 g/mol. The summed E-state index contributed by atoms with van der Waals surface area (Å²) in [5.74, 6) is 0.0553. The lowest BCUT2D eigenvalue weighted by molar-refractivity contribution is -0.118. The van der Waals surface area contributed by atoms with Crippen LogP contribution in [0.4, 0.5) is 0 Å². The molecule has 0 spiro atoms. The van der Waals surface area contributed by atoms with Gasteiger partial charge in [0.15, 0.2) is 0 Å². The predicted molar refractivity (Wildman–Crippen MR) is 68.5 cm³/mol. The van der Waals surface area contributed by atoms with E-state index in [9.17, 15) is 4.79 Å². The molecule has 0 aromatic heterocycles. The van der Waals surface area contributed by atoms with Gasteiger partial charge in [-0.25, -0.2) is 0 Å². The molecule has 3 N–H and O–H groups in total. The maximum atomic E-state index is 10.6. The van der Waals surface area contributed by atoms with E-state index in [4.69, 9.17) is 0 Å². The molecule has 0 bridgehead atoms. The third kappa shape index (κ3) is 13.4. The Labute approximate surface area is 99.6 Å². The monoisotopic (exact) mass is 229 g/mol. The first kappa shape index (κ1) is 15.4. The fraction of sp³-hybridized carbons (Fsp3) is 0.917. The van der Waals surface area contributed by atoms with Crippen LogP contribution in [0.2, 0.25) is 0 Å². The van der Waals surface area contributed by atoms with Crippen LogP contribution in [-0.4, -0.2) is 38.1 Å². The molecule has 0 aromatic carbocycles. The Hall–Kier alpha value is -0.610. The summed E-state index contributed by atoms with van der Waals surface area (Å²) in [6.07, 6.45) is 3.43. The first-order chi connectivity index (χ1) is 7.63. The van der Waals surface area contributed by atoms with Crippen LogP contribution in [0.5, 0.6) is 0 Å². The molecule has 4 nitrogen and oxygen atoms in total. The van der Waals surface area contributed by atoms with Crippen molar-refractivity contribution >= 4 is 5.91 Å². The summed E-state index contributed by atoms with van der Waals surface area (Å²) in [7, 11) is 0. The van der Waals surface area contributed by atoms with Crippen LogP contribution in [0.15, 0.2) is 0 Å². The van der Waals surface area contributed by atoms with Gasteiger partial charge >= 0.3 is 0 Å². The average Bonchev–Trinajstić information content (AvgIpc) is 2.20. The van der Waals surface area contributed by atoms with E-state index < -0.39 is 0 Å². The highest BCUT2D eigenvalue weighted by molar-refractivity contribution is 5.72. The topological polar surface area (TPSA) is 53.2 Å². The summed E-state index contributed by atoms with van der Waals surface area (Å²) < 4.78 is 0. The summed E-state index contributed by atoms with van der Waals surface area (Å²) in [6.45, 7) is 9.82. The Bertz CT molecular complexity index is 172. The minimum Gasteiger partial charge on any atom is -0.356 e. The second-order valence-corrected chi connectivity index (χ2v) is 4.40. The molecule has 0 heterocycles. The van der Waals surface area contributed by atoms with E-state index in [1.54, 1.807) is 6.92 Å². The largest absolute Gasteiger partial charge is 0.356 e. The van der Waals surface area contributed by atoms with Gasteiger partial charge in [0.25, 0.3) is 0 Å². The molecule has 0 unspecified atom stereocenters. The molecule has 0 saturated heterocycles. The smallest absolute Gasteiger partial charge is 0.216 e. The van der Waals surface area contributed by atoms with Gasteiger partial charge in [0.2, 0.25) is 5.91 Å². The molecule has 0 radical (unpaired) electrons. The summed E-state index contributed by atoms with van der Waals surface area (Å²) in [6, 6.07) is 0.589. The lowest BCUT2D eigenvalue weighted by Crippen LogP contribution is -2.26. The normalized spacial score (nSPS) is 10.8. The van der Waals surface area contributed by atoms with Crippen LogP contribution in [0, 0.1) is 0 Å². The number of nitrogens with one attached hydrogen (secondary N) is 3. The van der Waals surface area contributed by atoms with E-state index >= 15 is 0 Å². The zero-order chi connectivity index (χ0) is 12.2. The molecule has 0 rings (SSSR count). The van der Waals surface area contributed by atoms with Crippen molar-refractivity contribution in [1.82, 2.24) is 16.0 Å². The standard InChI is InChI=1S/C12H27N3O/c1-11(2)14-9-5-4-7-13-8-6-10-15-12(3)16/h11,13-14H,4-10H2,1-3H3,(H,15,16). The van der Waals surface area contributed by atoms with Crippen molar-refractivity contribution in [3.63, 3.8) is 0 Å². The van der Waals surface area contributed by atoms with E-state index in [1.807, 2.05) is 0 Å². The fourth-order valence-corrected chi connectivity index (χ4v) is 1.37. The third-order valence-electron chi connectivity index (χ3n) is 2.24. The van der Waals surface area contributed by atoms with Crippen molar-refractivity contribution in [2.45, 2.75) is 46.1 Å². The Morgan fingerprint density at radius 2 is 1.62 bits per heavy atom. The van der Waals surface area contributed by atoms with E-state index in [-0.39, 0.29) is 5.91 Å². The SMILES string of the molecule is CC(=O)NCCCNCCCCNC(C)C. The van der Waals surface area contributed by atoms with Crippen LogP contribution in [0.1, 0.15) is 40.0 Å². The molecule has 0 aromatic rings. The molecule has 0 atom stereocenters. The summed E-state index contributed by atoms with van der Waals surface area (Å²) in [5.41, 5.74) is 0. The first-order valence-corrected chi connectivity index (χ1v) is 6.31. The molecule has 0 fully saturated rings. The summed E-state index contributed by atoms with van der Waals surface area (Å²) >= 11 is 0. The Morgan fingerprint density at radius 1 is 1.00 bits per heavy atom. The van der Waals surface area contributed by atoms with Crippen molar-refractivity contribution < 1.29 is 4.79 Å². The third-order valence-corrected chi connectivity index (χ3v) is 2.24. The van der Waals surface area contributed by atoms with Crippen LogP contribution in [0.3, 0.4) is 0 Å². The van der Waals surface area contributed by atoms with Gasteiger partial charge in [-0.2, -0.15) is 0 Å². The van der Waals surface area contributed by atoms with E-state index in [1.165, 1.54) is 12.8 Å². The van der Waals surface area contributed by atoms with Gasteiger partial charge in [-0.05, 0) is 38.9 Å². The van der Waals surface area contributed by atoms with Gasteiger partial charge in [0.1, 0.15) is 0 Å². The van der Waals surface area contributed by atoms with Crippen LogP contribution >= 0.6 is 0 Å². The summed E-state index contributed by atoms with van der Waals surface area (Å²) in [5, 5.41) is 9.54. The van der Waals surface area contributed by atoms with E-state index in [2.05, 4.69) is 29.8 Å². The second kappa shape index (κ2) is 10.9. The molecule has 16 heavy (non-hydrogen) atoms. The van der Waals surface area contributed by atoms with Gasteiger partial charge in [0, 0.05) is 19.5 Å². The minimum atomic E-state index is 0.0553. The Balaban J connectivity index is 2.96. The number of amides is 1. The van der Waals surface area contributed by atoms with Crippen molar-refractivity contribution in [3.8, 4) is 0 Å². The first-order valence-electron chi connectivity index (χ1n) is 6.31. The predicted octanol–water partition coefficient (Wildman–Crippen LogP) is 0.880. The van der Waals surface area contributed by atoms with Gasteiger partial charge in [0.05, 0.1) is 0 Å². The van der Waals surface area contributed by atoms with Crippen molar-refractivity contribution in [2.75, 3.05) is 26.2 Å². The highest BCUT2D eigenvalue weighted by Gasteiger charge is 1.93. The maximum Gasteiger partial charge on any atom is 0.216 e. The molecule has 0 aliphatic rings. The van der Waals surface area contributed by atoms with Crippen molar-refractivity contribution in [3.05, 3.63) is 0 Å². The quantitative estimate of drug-likeness (QED) is 0.487. The number of rotatable bonds is 10.